The molecule has 0 aliphatic carbocycles. The van der Waals surface area contributed by atoms with Crippen LogP contribution in [0.2, 0.25) is 5.02 Å². The quantitative estimate of drug-likeness (QED) is 0.887. The van der Waals surface area contributed by atoms with Crippen molar-refractivity contribution in [2.45, 2.75) is 19.9 Å². The fourth-order valence-electron chi connectivity index (χ4n) is 1.44. The van der Waals surface area contributed by atoms with E-state index in [-0.39, 0.29) is 10.6 Å². The van der Waals surface area contributed by atoms with E-state index in [1.54, 1.807) is 11.3 Å². The third-order valence-electron chi connectivity index (χ3n) is 2.45. The Hall–Kier alpha value is -1.66. The van der Waals surface area contributed by atoms with Crippen LogP contribution in [0.15, 0.2) is 18.5 Å². The van der Waals surface area contributed by atoms with Gasteiger partial charge in [-0.05, 0) is 12.5 Å². The number of thiazole rings is 1. The standard InChI is InChI=1S/C12H12ClN3O2S/c1-2-8-5-14-10(19-8)6-16-11-9(13)3-7(4-15-11)12(17)18/h3-5H,2,6H2,1H3,(H,15,16)(H,17,18). The molecule has 0 saturated carbocycles. The number of carbonyl (C=O) groups is 1. The monoisotopic (exact) mass is 297 g/mol. The maximum atomic E-state index is 10.8. The number of aromatic carboxylic acids is 1. The van der Waals surface area contributed by atoms with Gasteiger partial charge in [0, 0.05) is 17.3 Å². The number of anilines is 1. The van der Waals surface area contributed by atoms with Crippen molar-refractivity contribution < 1.29 is 9.90 Å². The molecular weight excluding hydrogens is 286 g/mol. The van der Waals surface area contributed by atoms with Gasteiger partial charge in [0.05, 0.1) is 17.1 Å². The summed E-state index contributed by atoms with van der Waals surface area (Å²) in [6, 6.07) is 1.37. The molecule has 0 aromatic carbocycles. The Morgan fingerprint density at radius 1 is 1.47 bits per heavy atom. The minimum absolute atomic E-state index is 0.0677. The van der Waals surface area contributed by atoms with Crippen LogP contribution in [-0.4, -0.2) is 21.0 Å². The van der Waals surface area contributed by atoms with Crippen LogP contribution in [0.1, 0.15) is 27.2 Å². The molecule has 0 unspecified atom stereocenters. The number of aromatic nitrogens is 2. The SMILES string of the molecule is CCc1cnc(CNc2ncc(C(=O)O)cc2Cl)s1. The molecule has 2 aromatic rings. The summed E-state index contributed by atoms with van der Waals surface area (Å²) in [6.45, 7) is 2.59. The van der Waals surface area contributed by atoms with Gasteiger partial charge in [0.2, 0.25) is 0 Å². The number of hydrogen-bond acceptors (Lipinski definition) is 5. The van der Waals surface area contributed by atoms with E-state index in [0.29, 0.717) is 12.4 Å². The van der Waals surface area contributed by atoms with Crippen molar-refractivity contribution in [3.05, 3.63) is 38.9 Å². The summed E-state index contributed by atoms with van der Waals surface area (Å²) < 4.78 is 0. The van der Waals surface area contributed by atoms with Crippen molar-refractivity contribution in [2.75, 3.05) is 5.32 Å². The molecular formula is C12H12ClN3O2S. The normalized spacial score (nSPS) is 10.4. The first-order valence-electron chi connectivity index (χ1n) is 5.66. The first-order valence-corrected chi connectivity index (χ1v) is 6.86. The average Bonchev–Trinajstić information content (AvgIpc) is 2.85. The maximum Gasteiger partial charge on any atom is 0.337 e. The van der Waals surface area contributed by atoms with Gasteiger partial charge in [0.15, 0.2) is 0 Å². The van der Waals surface area contributed by atoms with Gasteiger partial charge in [-0.25, -0.2) is 14.8 Å². The number of nitrogens with zero attached hydrogens (tertiary/aromatic N) is 2. The van der Waals surface area contributed by atoms with E-state index < -0.39 is 5.97 Å². The smallest absolute Gasteiger partial charge is 0.337 e. The number of halogens is 1. The highest BCUT2D eigenvalue weighted by molar-refractivity contribution is 7.11. The Labute approximate surface area is 119 Å². The number of pyridine rings is 1. The maximum absolute atomic E-state index is 10.8. The van der Waals surface area contributed by atoms with Gasteiger partial charge in [-0.2, -0.15) is 0 Å². The topological polar surface area (TPSA) is 75.1 Å². The Balaban J connectivity index is 2.05. The van der Waals surface area contributed by atoms with Crippen LogP contribution in [0.4, 0.5) is 5.82 Å². The van der Waals surface area contributed by atoms with Crippen molar-refractivity contribution in [2.24, 2.45) is 0 Å². The predicted octanol–water partition coefficient (Wildman–Crippen LogP) is 3.06. The van der Waals surface area contributed by atoms with Gasteiger partial charge in [0.1, 0.15) is 10.8 Å². The Bertz CT molecular complexity index is 600. The van der Waals surface area contributed by atoms with E-state index in [1.807, 2.05) is 6.20 Å². The van der Waals surface area contributed by atoms with Crippen LogP contribution >= 0.6 is 22.9 Å². The second-order valence-electron chi connectivity index (χ2n) is 3.79. The van der Waals surface area contributed by atoms with Gasteiger partial charge in [-0.1, -0.05) is 18.5 Å². The molecule has 2 aromatic heterocycles. The summed E-state index contributed by atoms with van der Waals surface area (Å²) in [5, 5.41) is 13.1. The van der Waals surface area contributed by atoms with E-state index in [2.05, 4.69) is 22.2 Å². The lowest BCUT2D eigenvalue weighted by Crippen LogP contribution is -2.04. The summed E-state index contributed by atoms with van der Waals surface area (Å²) in [7, 11) is 0. The van der Waals surface area contributed by atoms with Gasteiger partial charge >= 0.3 is 5.97 Å². The molecule has 0 atom stereocenters. The van der Waals surface area contributed by atoms with Gasteiger partial charge in [-0.15, -0.1) is 11.3 Å². The van der Waals surface area contributed by atoms with E-state index in [4.69, 9.17) is 16.7 Å². The van der Waals surface area contributed by atoms with E-state index in [1.165, 1.54) is 17.1 Å². The molecule has 0 saturated heterocycles. The van der Waals surface area contributed by atoms with Gasteiger partial charge < -0.3 is 10.4 Å². The summed E-state index contributed by atoms with van der Waals surface area (Å²) in [4.78, 5) is 20.2. The molecule has 2 rings (SSSR count). The number of aryl methyl sites for hydroxylation is 1. The molecule has 2 N–H and O–H groups in total. The lowest BCUT2D eigenvalue weighted by Gasteiger charge is -2.06. The second kappa shape index (κ2) is 5.99. The van der Waals surface area contributed by atoms with Crippen molar-refractivity contribution in [1.29, 1.82) is 0 Å². The van der Waals surface area contributed by atoms with Crippen molar-refractivity contribution in [1.82, 2.24) is 9.97 Å². The number of nitrogens with one attached hydrogen (secondary N) is 1. The Morgan fingerprint density at radius 2 is 2.26 bits per heavy atom. The lowest BCUT2D eigenvalue weighted by molar-refractivity contribution is 0.0696. The van der Waals surface area contributed by atoms with Crippen molar-refractivity contribution in [3.63, 3.8) is 0 Å². The summed E-state index contributed by atoms with van der Waals surface area (Å²) in [5.74, 6) is -0.589. The molecule has 0 radical (unpaired) electrons. The molecule has 19 heavy (non-hydrogen) atoms. The molecule has 0 spiro atoms. The van der Waals surface area contributed by atoms with Crippen LogP contribution in [0.5, 0.6) is 0 Å². The third kappa shape index (κ3) is 3.42. The minimum Gasteiger partial charge on any atom is -0.478 e. The zero-order valence-electron chi connectivity index (χ0n) is 10.2. The molecule has 2 heterocycles. The number of hydrogen-bond donors (Lipinski definition) is 2. The molecule has 0 bridgehead atoms. The largest absolute Gasteiger partial charge is 0.478 e. The summed E-state index contributed by atoms with van der Waals surface area (Å²) in [6.07, 6.45) is 4.09. The first kappa shape index (κ1) is 13.8. The van der Waals surface area contributed by atoms with Gasteiger partial charge in [0.25, 0.3) is 0 Å². The molecule has 100 valence electrons. The fourth-order valence-corrected chi connectivity index (χ4v) is 2.47. The second-order valence-corrected chi connectivity index (χ2v) is 5.39. The van der Waals surface area contributed by atoms with Crippen LogP contribution in [0.3, 0.4) is 0 Å². The number of carboxylic acid groups (broad SMARTS) is 1. The highest BCUT2D eigenvalue weighted by atomic mass is 35.5. The van der Waals surface area contributed by atoms with Crippen molar-refractivity contribution >= 4 is 34.7 Å². The molecule has 5 nitrogen and oxygen atoms in total. The van der Waals surface area contributed by atoms with Gasteiger partial charge in [-0.3, -0.25) is 0 Å². The van der Waals surface area contributed by atoms with Crippen LogP contribution in [-0.2, 0) is 13.0 Å². The summed E-state index contributed by atoms with van der Waals surface area (Å²) >= 11 is 7.59. The van der Waals surface area contributed by atoms with E-state index >= 15 is 0 Å². The zero-order valence-corrected chi connectivity index (χ0v) is 11.8. The highest BCUT2D eigenvalue weighted by Gasteiger charge is 2.09. The molecule has 0 aliphatic rings. The number of rotatable bonds is 5. The molecule has 7 heteroatoms. The fraction of sp³-hybridized carbons (Fsp3) is 0.250. The van der Waals surface area contributed by atoms with Crippen LogP contribution in [0, 0.1) is 0 Å². The minimum atomic E-state index is -1.05. The predicted molar refractivity (Wildman–Crippen MR) is 75.0 cm³/mol. The average molecular weight is 298 g/mol. The van der Waals surface area contributed by atoms with E-state index in [9.17, 15) is 4.79 Å². The third-order valence-corrected chi connectivity index (χ3v) is 3.87. The van der Waals surface area contributed by atoms with Crippen LogP contribution < -0.4 is 5.32 Å². The van der Waals surface area contributed by atoms with Crippen molar-refractivity contribution in [3.8, 4) is 0 Å². The first-order chi connectivity index (χ1) is 9.10. The zero-order chi connectivity index (χ0) is 13.8. The highest BCUT2D eigenvalue weighted by Crippen LogP contribution is 2.21. The Morgan fingerprint density at radius 3 is 2.84 bits per heavy atom. The molecule has 0 amide bonds. The lowest BCUT2D eigenvalue weighted by atomic mass is 10.3. The number of carboxylic acids is 1. The van der Waals surface area contributed by atoms with Crippen LogP contribution in [0.25, 0.3) is 0 Å². The Kier molecular flexibility index (Phi) is 4.34. The van der Waals surface area contributed by atoms with E-state index in [0.717, 1.165) is 11.4 Å². The molecule has 0 aliphatic heterocycles. The molecule has 0 fully saturated rings. The summed E-state index contributed by atoms with van der Waals surface area (Å²) in [5.41, 5.74) is 0.0677.